The van der Waals surface area contributed by atoms with Crippen LogP contribution in [0.1, 0.15) is 47.0 Å². The van der Waals surface area contributed by atoms with Crippen LogP contribution in [0.5, 0.6) is 0 Å². The monoisotopic (exact) mass is 268 g/mol. The summed E-state index contributed by atoms with van der Waals surface area (Å²) in [6.07, 6.45) is 3.77. The van der Waals surface area contributed by atoms with Gasteiger partial charge in [-0.05, 0) is 44.1 Å². The van der Waals surface area contributed by atoms with Gasteiger partial charge in [0, 0.05) is 38.4 Å². The van der Waals surface area contributed by atoms with Gasteiger partial charge in [-0.15, -0.1) is 0 Å². The van der Waals surface area contributed by atoms with Crippen LogP contribution in [0.15, 0.2) is 0 Å². The van der Waals surface area contributed by atoms with Gasteiger partial charge in [-0.1, -0.05) is 20.8 Å². The summed E-state index contributed by atoms with van der Waals surface area (Å²) in [5.41, 5.74) is 0.345. The first-order valence-corrected chi connectivity index (χ1v) is 8.02. The Morgan fingerprint density at radius 1 is 1.16 bits per heavy atom. The van der Waals surface area contributed by atoms with Crippen molar-refractivity contribution in [1.29, 1.82) is 0 Å². The maximum atomic E-state index is 5.48. The highest BCUT2D eigenvalue weighted by Gasteiger charge is 2.31. The Morgan fingerprint density at radius 2 is 1.84 bits per heavy atom. The number of hydrogen-bond donors (Lipinski definition) is 1. The van der Waals surface area contributed by atoms with Crippen molar-refractivity contribution in [3.8, 4) is 0 Å². The number of hydrogen-bond acceptors (Lipinski definition) is 3. The molecule has 19 heavy (non-hydrogen) atoms. The van der Waals surface area contributed by atoms with Crippen molar-refractivity contribution in [3.05, 3.63) is 0 Å². The van der Waals surface area contributed by atoms with E-state index in [4.69, 9.17) is 4.74 Å². The summed E-state index contributed by atoms with van der Waals surface area (Å²) < 4.78 is 5.48. The minimum Gasteiger partial charge on any atom is -0.381 e. The van der Waals surface area contributed by atoms with Crippen LogP contribution < -0.4 is 5.32 Å². The molecule has 2 atom stereocenters. The van der Waals surface area contributed by atoms with E-state index >= 15 is 0 Å². The molecule has 3 heteroatoms. The molecule has 0 bridgehead atoms. The summed E-state index contributed by atoms with van der Waals surface area (Å²) in [6, 6.07) is 1.32. The molecule has 0 radical (unpaired) electrons. The van der Waals surface area contributed by atoms with Gasteiger partial charge in [0.1, 0.15) is 0 Å². The van der Waals surface area contributed by atoms with Gasteiger partial charge in [-0.3, -0.25) is 4.90 Å². The van der Waals surface area contributed by atoms with Crippen LogP contribution in [0, 0.1) is 11.3 Å². The number of ether oxygens (including phenoxy) is 1. The van der Waals surface area contributed by atoms with E-state index < -0.39 is 0 Å². The topological polar surface area (TPSA) is 24.5 Å². The summed E-state index contributed by atoms with van der Waals surface area (Å²) in [5, 5.41) is 3.75. The fourth-order valence-electron chi connectivity index (χ4n) is 3.22. The van der Waals surface area contributed by atoms with E-state index in [1.807, 2.05) is 0 Å². The third kappa shape index (κ3) is 4.44. The Bertz CT molecular complexity index is 268. The molecule has 1 N–H and O–H groups in total. The van der Waals surface area contributed by atoms with Crippen LogP contribution in [0.25, 0.3) is 0 Å². The van der Waals surface area contributed by atoms with Gasteiger partial charge >= 0.3 is 0 Å². The zero-order valence-electron chi connectivity index (χ0n) is 13.2. The molecule has 2 saturated heterocycles. The fourth-order valence-corrected chi connectivity index (χ4v) is 3.22. The third-order valence-electron chi connectivity index (χ3n) is 4.87. The van der Waals surface area contributed by atoms with Crippen LogP contribution in [0.4, 0.5) is 0 Å². The molecule has 2 aliphatic heterocycles. The lowest BCUT2D eigenvalue weighted by Crippen LogP contribution is -2.48. The van der Waals surface area contributed by atoms with Crippen LogP contribution in [0.2, 0.25) is 0 Å². The summed E-state index contributed by atoms with van der Waals surface area (Å²) in [6.45, 7) is 15.0. The zero-order valence-corrected chi connectivity index (χ0v) is 13.2. The Hall–Kier alpha value is -0.120. The highest BCUT2D eigenvalue weighted by molar-refractivity contribution is 4.89. The average molecular weight is 268 g/mol. The smallest absolute Gasteiger partial charge is 0.0469 e. The molecule has 0 saturated carbocycles. The average Bonchev–Trinajstić information content (AvgIpc) is 2.53. The molecule has 0 aromatic carbocycles. The minimum atomic E-state index is 0.345. The highest BCUT2D eigenvalue weighted by atomic mass is 16.5. The van der Waals surface area contributed by atoms with Crippen molar-refractivity contribution in [2.24, 2.45) is 11.3 Å². The SMILES string of the molecule is CC1CCNC(C(C)(C)C)CN1CC1CCOCC1. The van der Waals surface area contributed by atoms with E-state index in [0.29, 0.717) is 17.5 Å². The molecule has 0 aromatic heterocycles. The molecule has 3 nitrogen and oxygen atoms in total. The third-order valence-corrected chi connectivity index (χ3v) is 4.87. The van der Waals surface area contributed by atoms with Crippen LogP contribution in [-0.2, 0) is 4.74 Å². The van der Waals surface area contributed by atoms with E-state index in [1.165, 1.54) is 32.4 Å². The Balaban J connectivity index is 1.94. The maximum Gasteiger partial charge on any atom is 0.0469 e. The minimum absolute atomic E-state index is 0.345. The van der Waals surface area contributed by atoms with Crippen molar-refractivity contribution in [3.63, 3.8) is 0 Å². The van der Waals surface area contributed by atoms with Gasteiger partial charge in [-0.2, -0.15) is 0 Å². The first-order chi connectivity index (χ1) is 8.97. The molecule has 2 fully saturated rings. The highest BCUT2D eigenvalue weighted by Crippen LogP contribution is 2.25. The molecule has 0 amide bonds. The summed E-state index contributed by atoms with van der Waals surface area (Å²) >= 11 is 0. The maximum absolute atomic E-state index is 5.48. The molecule has 0 aromatic rings. The predicted molar refractivity (Wildman–Crippen MR) is 80.4 cm³/mol. The molecule has 2 unspecified atom stereocenters. The number of nitrogens with one attached hydrogen (secondary N) is 1. The van der Waals surface area contributed by atoms with Crippen molar-refractivity contribution in [2.75, 3.05) is 32.8 Å². The Morgan fingerprint density at radius 3 is 2.47 bits per heavy atom. The van der Waals surface area contributed by atoms with E-state index in [9.17, 15) is 0 Å². The molecule has 2 rings (SSSR count). The van der Waals surface area contributed by atoms with Gasteiger partial charge in [0.2, 0.25) is 0 Å². The number of rotatable bonds is 2. The second-order valence-electron chi connectivity index (χ2n) is 7.52. The van der Waals surface area contributed by atoms with Gasteiger partial charge < -0.3 is 10.1 Å². The van der Waals surface area contributed by atoms with Crippen molar-refractivity contribution < 1.29 is 4.74 Å². The summed E-state index contributed by atoms with van der Waals surface area (Å²) in [5.74, 6) is 0.843. The fraction of sp³-hybridized carbons (Fsp3) is 1.00. The van der Waals surface area contributed by atoms with E-state index in [0.717, 1.165) is 25.7 Å². The Kier molecular flexibility index (Phi) is 5.27. The van der Waals surface area contributed by atoms with Gasteiger partial charge in [0.15, 0.2) is 0 Å². The second-order valence-corrected chi connectivity index (χ2v) is 7.52. The quantitative estimate of drug-likeness (QED) is 0.833. The lowest BCUT2D eigenvalue weighted by Gasteiger charge is -2.37. The standard InChI is InChI=1S/C16H32N2O/c1-13-5-8-17-15(16(2,3)4)12-18(13)11-14-6-9-19-10-7-14/h13-15,17H,5-12H2,1-4H3. The molecule has 2 aliphatic rings. The van der Waals surface area contributed by atoms with Crippen molar-refractivity contribution in [2.45, 2.75) is 59.0 Å². The molecule has 0 spiro atoms. The molecular weight excluding hydrogens is 236 g/mol. The van der Waals surface area contributed by atoms with Gasteiger partial charge in [0.05, 0.1) is 0 Å². The van der Waals surface area contributed by atoms with Crippen molar-refractivity contribution in [1.82, 2.24) is 10.2 Å². The van der Waals surface area contributed by atoms with E-state index in [-0.39, 0.29) is 0 Å². The lowest BCUT2D eigenvalue weighted by atomic mass is 9.86. The zero-order chi connectivity index (χ0) is 13.9. The Labute approximate surface area is 119 Å². The molecule has 2 heterocycles. The van der Waals surface area contributed by atoms with Crippen LogP contribution >= 0.6 is 0 Å². The largest absolute Gasteiger partial charge is 0.381 e. The summed E-state index contributed by atoms with van der Waals surface area (Å²) in [4.78, 5) is 2.73. The summed E-state index contributed by atoms with van der Waals surface area (Å²) in [7, 11) is 0. The van der Waals surface area contributed by atoms with E-state index in [2.05, 4.69) is 37.9 Å². The van der Waals surface area contributed by atoms with Crippen molar-refractivity contribution >= 4 is 0 Å². The first kappa shape index (κ1) is 15.3. The van der Waals surface area contributed by atoms with Crippen LogP contribution in [-0.4, -0.2) is 49.8 Å². The van der Waals surface area contributed by atoms with Crippen LogP contribution in [0.3, 0.4) is 0 Å². The van der Waals surface area contributed by atoms with Gasteiger partial charge in [-0.25, -0.2) is 0 Å². The second kappa shape index (κ2) is 6.55. The lowest BCUT2D eigenvalue weighted by molar-refractivity contribution is 0.0436. The predicted octanol–water partition coefficient (Wildman–Crippen LogP) is 2.51. The first-order valence-electron chi connectivity index (χ1n) is 8.02. The van der Waals surface area contributed by atoms with Gasteiger partial charge in [0.25, 0.3) is 0 Å². The molecule has 112 valence electrons. The number of nitrogens with zero attached hydrogens (tertiary/aromatic N) is 1. The normalized spacial score (nSPS) is 32.2. The van der Waals surface area contributed by atoms with E-state index in [1.54, 1.807) is 0 Å². The molecule has 0 aliphatic carbocycles. The molecular formula is C16H32N2O.